The SMILES string of the molecule is CCCOc1[c]nnnc1. The maximum Gasteiger partial charge on any atom is 0.169 e. The minimum absolute atomic E-state index is 0.553. The molecule has 1 heterocycles. The van der Waals surface area contributed by atoms with E-state index in [9.17, 15) is 0 Å². The molecule has 0 aliphatic heterocycles. The van der Waals surface area contributed by atoms with Crippen LogP contribution in [0.15, 0.2) is 6.20 Å². The Morgan fingerprint density at radius 3 is 3.20 bits per heavy atom. The monoisotopic (exact) mass is 138 g/mol. The minimum atomic E-state index is 0.553. The number of rotatable bonds is 3. The van der Waals surface area contributed by atoms with Crippen LogP contribution in [0, 0.1) is 6.20 Å². The van der Waals surface area contributed by atoms with Gasteiger partial charge in [0.1, 0.15) is 0 Å². The summed E-state index contributed by atoms with van der Waals surface area (Å²) in [5, 5.41) is 10.3. The highest BCUT2D eigenvalue weighted by Crippen LogP contribution is 2.01. The predicted molar refractivity (Wildman–Crippen MR) is 34.4 cm³/mol. The Labute approximate surface area is 59.2 Å². The van der Waals surface area contributed by atoms with Crippen molar-refractivity contribution in [2.45, 2.75) is 13.3 Å². The number of aromatic nitrogens is 3. The van der Waals surface area contributed by atoms with E-state index in [1.807, 2.05) is 6.92 Å². The Balaban J connectivity index is 2.43. The van der Waals surface area contributed by atoms with Crippen LogP contribution in [0.3, 0.4) is 0 Å². The number of hydrogen-bond acceptors (Lipinski definition) is 4. The first-order valence-electron chi connectivity index (χ1n) is 3.12. The molecule has 0 fully saturated rings. The number of hydrogen-bond donors (Lipinski definition) is 0. The van der Waals surface area contributed by atoms with Gasteiger partial charge in [0.15, 0.2) is 11.9 Å². The van der Waals surface area contributed by atoms with Crippen molar-refractivity contribution >= 4 is 0 Å². The van der Waals surface area contributed by atoms with Crippen LogP contribution >= 0.6 is 0 Å². The molecule has 53 valence electrons. The first kappa shape index (κ1) is 6.92. The quantitative estimate of drug-likeness (QED) is 0.608. The summed E-state index contributed by atoms with van der Waals surface area (Å²) in [7, 11) is 0. The molecule has 0 aromatic carbocycles. The van der Waals surface area contributed by atoms with Crippen molar-refractivity contribution in [2.24, 2.45) is 0 Å². The lowest BCUT2D eigenvalue weighted by molar-refractivity contribution is 0.312. The van der Waals surface area contributed by atoms with Gasteiger partial charge in [-0.2, -0.15) is 0 Å². The van der Waals surface area contributed by atoms with E-state index in [0.717, 1.165) is 6.42 Å². The molecule has 0 spiro atoms. The highest BCUT2D eigenvalue weighted by molar-refractivity contribution is 5.06. The first-order chi connectivity index (χ1) is 4.93. The van der Waals surface area contributed by atoms with E-state index in [4.69, 9.17) is 4.74 Å². The smallest absolute Gasteiger partial charge is 0.169 e. The van der Waals surface area contributed by atoms with Crippen LogP contribution in [0.2, 0.25) is 0 Å². The average Bonchev–Trinajstić information content (AvgIpc) is 2.03. The van der Waals surface area contributed by atoms with Crippen molar-refractivity contribution in [3.8, 4) is 5.75 Å². The first-order valence-corrected chi connectivity index (χ1v) is 3.12. The summed E-state index contributed by atoms with van der Waals surface area (Å²) in [4.78, 5) is 0. The van der Waals surface area contributed by atoms with Gasteiger partial charge in [0.05, 0.1) is 12.8 Å². The third-order valence-electron chi connectivity index (χ3n) is 0.893. The second-order valence-electron chi connectivity index (χ2n) is 1.76. The summed E-state index contributed by atoms with van der Waals surface area (Å²) < 4.78 is 5.13. The predicted octanol–water partition coefficient (Wildman–Crippen LogP) is 0.461. The largest absolute Gasteiger partial charge is 0.489 e. The van der Waals surface area contributed by atoms with Gasteiger partial charge >= 0.3 is 0 Å². The van der Waals surface area contributed by atoms with E-state index in [0.29, 0.717) is 12.4 Å². The molecule has 4 heteroatoms. The van der Waals surface area contributed by atoms with Gasteiger partial charge in [-0.05, 0) is 11.6 Å². The van der Waals surface area contributed by atoms with Crippen LogP contribution in [-0.4, -0.2) is 22.0 Å². The van der Waals surface area contributed by atoms with E-state index < -0.39 is 0 Å². The Bertz CT molecular complexity index is 178. The molecule has 0 unspecified atom stereocenters. The minimum Gasteiger partial charge on any atom is -0.489 e. The third kappa shape index (κ3) is 1.97. The summed E-state index contributed by atoms with van der Waals surface area (Å²) in [6.07, 6.45) is 5.01. The molecule has 0 N–H and O–H groups in total. The van der Waals surface area contributed by atoms with Crippen LogP contribution in [0.1, 0.15) is 13.3 Å². The van der Waals surface area contributed by atoms with Gasteiger partial charge in [-0.3, -0.25) is 0 Å². The molecule has 0 atom stereocenters. The fourth-order valence-corrected chi connectivity index (χ4v) is 0.486. The molecule has 1 rings (SSSR count). The second-order valence-corrected chi connectivity index (χ2v) is 1.76. The maximum atomic E-state index is 5.13. The van der Waals surface area contributed by atoms with Gasteiger partial charge in [0, 0.05) is 0 Å². The molecule has 4 nitrogen and oxygen atoms in total. The molecule has 0 saturated carbocycles. The molecule has 0 aliphatic rings. The molecule has 0 amide bonds. The number of ether oxygens (including phenoxy) is 1. The molecule has 10 heavy (non-hydrogen) atoms. The molecule has 1 radical (unpaired) electrons. The summed E-state index contributed by atoms with van der Waals surface area (Å²) in [6, 6.07) is 0. The summed E-state index contributed by atoms with van der Waals surface area (Å²) in [5.74, 6) is 0.553. The maximum absolute atomic E-state index is 5.13. The van der Waals surface area contributed by atoms with Gasteiger partial charge in [-0.1, -0.05) is 6.92 Å². The Morgan fingerprint density at radius 1 is 1.70 bits per heavy atom. The van der Waals surface area contributed by atoms with Crippen molar-refractivity contribution in [3.63, 3.8) is 0 Å². The van der Waals surface area contributed by atoms with E-state index in [1.165, 1.54) is 6.20 Å². The zero-order chi connectivity index (χ0) is 7.23. The average molecular weight is 138 g/mol. The van der Waals surface area contributed by atoms with Crippen LogP contribution in [-0.2, 0) is 0 Å². The molecule has 1 aromatic heterocycles. The van der Waals surface area contributed by atoms with E-state index in [1.54, 1.807) is 0 Å². The Hall–Kier alpha value is -1.19. The van der Waals surface area contributed by atoms with Crippen molar-refractivity contribution in [1.29, 1.82) is 0 Å². The summed E-state index contributed by atoms with van der Waals surface area (Å²) in [6.45, 7) is 2.70. The van der Waals surface area contributed by atoms with E-state index in [-0.39, 0.29) is 0 Å². The lowest BCUT2D eigenvalue weighted by Crippen LogP contribution is -1.97. The van der Waals surface area contributed by atoms with Crippen LogP contribution < -0.4 is 4.74 Å². The van der Waals surface area contributed by atoms with Gasteiger partial charge in [-0.15, -0.1) is 10.2 Å². The highest BCUT2D eigenvalue weighted by atomic mass is 16.5. The third-order valence-corrected chi connectivity index (χ3v) is 0.893. The van der Waals surface area contributed by atoms with Gasteiger partial charge in [0.25, 0.3) is 0 Å². The zero-order valence-corrected chi connectivity index (χ0v) is 5.74. The molecule has 0 saturated heterocycles. The lowest BCUT2D eigenvalue weighted by Gasteiger charge is -1.99. The van der Waals surface area contributed by atoms with Crippen LogP contribution in [0.5, 0.6) is 5.75 Å². The zero-order valence-electron chi connectivity index (χ0n) is 5.74. The molecule has 0 bridgehead atoms. The molecule has 0 aliphatic carbocycles. The standard InChI is InChI=1S/C6H8N3O/c1-2-3-10-6-4-7-9-8-5-6/h4H,2-3H2,1H3. The fraction of sp³-hybridized carbons (Fsp3) is 0.500. The van der Waals surface area contributed by atoms with Gasteiger partial charge in [0.2, 0.25) is 0 Å². The van der Waals surface area contributed by atoms with Crippen molar-refractivity contribution in [3.05, 3.63) is 12.4 Å². The van der Waals surface area contributed by atoms with E-state index >= 15 is 0 Å². The van der Waals surface area contributed by atoms with E-state index in [2.05, 4.69) is 21.6 Å². The Morgan fingerprint density at radius 2 is 2.60 bits per heavy atom. The summed E-state index contributed by atoms with van der Waals surface area (Å²) in [5.41, 5.74) is 0. The van der Waals surface area contributed by atoms with Crippen LogP contribution in [0.4, 0.5) is 0 Å². The fourth-order valence-electron chi connectivity index (χ4n) is 0.486. The highest BCUT2D eigenvalue weighted by Gasteiger charge is 1.90. The molecular weight excluding hydrogens is 130 g/mol. The van der Waals surface area contributed by atoms with Crippen LogP contribution in [0.25, 0.3) is 0 Å². The molecular formula is C6H8N3O. The normalized spacial score (nSPS) is 9.30. The lowest BCUT2D eigenvalue weighted by atomic mass is 10.5. The number of nitrogens with zero attached hydrogens (tertiary/aromatic N) is 3. The molecule has 1 aromatic rings. The van der Waals surface area contributed by atoms with Crippen molar-refractivity contribution < 1.29 is 4.74 Å². The topological polar surface area (TPSA) is 47.9 Å². The van der Waals surface area contributed by atoms with Gasteiger partial charge in [-0.25, -0.2) is 0 Å². The van der Waals surface area contributed by atoms with Gasteiger partial charge < -0.3 is 4.74 Å². The summed E-state index contributed by atoms with van der Waals surface area (Å²) >= 11 is 0. The Kier molecular flexibility index (Phi) is 2.61. The van der Waals surface area contributed by atoms with Crippen molar-refractivity contribution in [2.75, 3.05) is 6.61 Å². The second kappa shape index (κ2) is 3.76. The van der Waals surface area contributed by atoms with Crippen molar-refractivity contribution in [1.82, 2.24) is 15.4 Å².